The van der Waals surface area contributed by atoms with E-state index in [1.165, 1.54) is 6.07 Å². The Bertz CT molecular complexity index is 606. The number of carbonyl (C=O) groups excluding carboxylic acids is 3. The van der Waals surface area contributed by atoms with Crippen molar-refractivity contribution < 1.29 is 34.0 Å². The maximum Gasteiger partial charge on any atom is 0.387 e. The third-order valence-electron chi connectivity index (χ3n) is 2.94. The maximum absolute atomic E-state index is 12.1. The largest absolute Gasteiger partial charge is 0.459 e. The van der Waals surface area contributed by atoms with E-state index in [0.29, 0.717) is 12.0 Å². The first-order valence-electron chi connectivity index (χ1n) is 6.90. The molecule has 7 nitrogen and oxygen atoms in total. The molecule has 0 spiro atoms. The first-order chi connectivity index (χ1) is 10.9. The van der Waals surface area contributed by atoms with E-state index in [4.69, 9.17) is 4.74 Å². The summed E-state index contributed by atoms with van der Waals surface area (Å²) >= 11 is 0. The zero-order chi connectivity index (χ0) is 17.4. The van der Waals surface area contributed by atoms with E-state index < -0.39 is 24.0 Å². The van der Waals surface area contributed by atoms with Gasteiger partial charge in [0.1, 0.15) is 6.61 Å². The van der Waals surface area contributed by atoms with Gasteiger partial charge in [-0.1, -0.05) is 25.6 Å². The minimum absolute atomic E-state index is 0.0482. The molecule has 0 amide bonds. The number of carbonyl (C=O) groups is 3. The Kier molecular flexibility index (Phi) is 6.95. The summed E-state index contributed by atoms with van der Waals surface area (Å²) in [5, 5.41) is 9.42. The van der Waals surface area contributed by atoms with Crippen LogP contribution in [0.3, 0.4) is 0 Å². The third-order valence-corrected chi connectivity index (χ3v) is 2.94. The van der Waals surface area contributed by atoms with Crippen LogP contribution in [0.15, 0.2) is 30.9 Å². The molecule has 1 atom stereocenters. The normalized spacial score (nSPS) is 11.3. The van der Waals surface area contributed by atoms with Gasteiger partial charge in [0.25, 0.3) is 0 Å². The van der Waals surface area contributed by atoms with Crippen LogP contribution in [0.25, 0.3) is 0 Å². The van der Waals surface area contributed by atoms with Gasteiger partial charge in [-0.3, -0.25) is 0 Å². The number of hydrogen-bond donors (Lipinski definition) is 1. The van der Waals surface area contributed by atoms with E-state index in [-0.39, 0.29) is 17.7 Å². The van der Waals surface area contributed by atoms with Crippen LogP contribution in [0.1, 0.15) is 39.6 Å². The van der Waals surface area contributed by atoms with E-state index in [0.717, 1.165) is 6.08 Å². The summed E-state index contributed by atoms with van der Waals surface area (Å²) in [5.74, 6) is -2.74. The second-order valence-corrected chi connectivity index (χ2v) is 4.64. The second-order valence-electron chi connectivity index (χ2n) is 4.64. The molecule has 0 saturated heterocycles. The van der Waals surface area contributed by atoms with E-state index in [9.17, 15) is 19.5 Å². The van der Waals surface area contributed by atoms with E-state index >= 15 is 0 Å². The number of aryl methyl sites for hydroxylation is 1. The van der Waals surface area contributed by atoms with E-state index in [1.54, 1.807) is 26.0 Å². The van der Waals surface area contributed by atoms with Gasteiger partial charge < -0.3 is 9.84 Å². The number of rotatable bonds is 6. The molecule has 0 aliphatic rings. The molecule has 0 fully saturated rings. The molecule has 1 aromatic rings. The Morgan fingerprint density at radius 3 is 2.57 bits per heavy atom. The minimum Gasteiger partial charge on any atom is -0.459 e. The molecule has 1 N–H and O–H groups in total. The van der Waals surface area contributed by atoms with Crippen LogP contribution in [0.2, 0.25) is 0 Å². The van der Waals surface area contributed by atoms with Crippen molar-refractivity contribution in [3.63, 3.8) is 0 Å². The molecule has 7 heteroatoms. The van der Waals surface area contributed by atoms with Gasteiger partial charge in [0.2, 0.25) is 0 Å². The van der Waals surface area contributed by atoms with Crippen LogP contribution < -0.4 is 0 Å². The summed E-state index contributed by atoms with van der Waals surface area (Å²) in [7, 11) is 0. The molecule has 1 rings (SSSR count). The van der Waals surface area contributed by atoms with Crippen molar-refractivity contribution >= 4 is 17.9 Å². The number of aliphatic hydroxyl groups excluding tert-OH is 1. The lowest BCUT2D eigenvalue weighted by molar-refractivity contribution is -0.228. The second kappa shape index (κ2) is 8.70. The lowest BCUT2D eigenvalue weighted by atomic mass is 10.0. The number of aliphatic hydroxyl groups is 1. The summed E-state index contributed by atoms with van der Waals surface area (Å²) in [6, 6.07) is 4.53. The average Bonchev–Trinajstić information content (AvgIpc) is 2.56. The fraction of sp³-hybridized carbons (Fsp3) is 0.312. The van der Waals surface area contributed by atoms with Gasteiger partial charge in [-0.05, 0) is 25.0 Å². The monoisotopic (exact) mass is 322 g/mol. The molecule has 124 valence electrons. The SMILES string of the molecule is C=CC(=O)OOC(=O)c1c(C)cccc1C(=O)OCC(O)CC. The van der Waals surface area contributed by atoms with Crippen molar-refractivity contribution in [2.45, 2.75) is 26.4 Å². The predicted octanol–water partition coefficient (Wildman–Crippen LogP) is 1.72. The van der Waals surface area contributed by atoms with Crippen molar-refractivity contribution in [2.75, 3.05) is 6.61 Å². The first kappa shape index (κ1) is 18.4. The van der Waals surface area contributed by atoms with Gasteiger partial charge in [0.15, 0.2) is 0 Å². The van der Waals surface area contributed by atoms with Gasteiger partial charge in [-0.2, -0.15) is 0 Å². The van der Waals surface area contributed by atoms with E-state index in [1.807, 2.05) is 0 Å². The quantitative estimate of drug-likeness (QED) is 0.368. The van der Waals surface area contributed by atoms with Gasteiger partial charge in [0, 0.05) is 6.08 Å². The first-order valence-corrected chi connectivity index (χ1v) is 6.90. The van der Waals surface area contributed by atoms with Crippen LogP contribution in [0, 0.1) is 6.92 Å². The lowest BCUT2D eigenvalue weighted by Gasteiger charge is -2.12. The number of esters is 1. The van der Waals surface area contributed by atoms with E-state index in [2.05, 4.69) is 16.4 Å². The molecule has 0 saturated carbocycles. The van der Waals surface area contributed by atoms with Crippen LogP contribution >= 0.6 is 0 Å². The van der Waals surface area contributed by atoms with Gasteiger partial charge in [0.05, 0.1) is 17.2 Å². The highest BCUT2D eigenvalue weighted by molar-refractivity contribution is 6.04. The van der Waals surface area contributed by atoms with Crippen LogP contribution in [0.4, 0.5) is 0 Å². The number of ether oxygens (including phenoxy) is 1. The summed E-state index contributed by atoms with van der Waals surface area (Å²) in [6.45, 7) is 6.29. The highest BCUT2D eigenvalue weighted by Gasteiger charge is 2.23. The van der Waals surface area contributed by atoms with Crippen LogP contribution in [-0.4, -0.2) is 35.7 Å². The lowest BCUT2D eigenvalue weighted by Crippen LogP contribution is -2.21. The predicted molar refractivity (Wildman–Crippen MR) is 79.5 cm³/mol. The Labute approximate surface area is 133 Å². The van der Waals surface area contributed by atoms with Gasteiger partial charge in [-0.15, -0.1) is 0 Å². The summed E-state index contributed by atoms with van der Waals surface area (Å²) < 4.78 is 4.95. The van der Waals surface area contributed by atoms with Crippen molar-refractivity contribution in [2.24, 2.45) is 0 Å². The number of benzene rings is 1. The smallest absolute Gasteiger partial charge is 0.387 e. The summed E-state index contributed by atoms with van der Waals surface area (Å²) in [4.78, 5) is 43.6. The highest BCUT2D eigenvalue weighted by Crippen LogP contribution is 2.17. The average molecular weight is 322 g/mol. The molecule has 0 heterocycles. The molecule has 1 unspecified atom stereocenters. The molecular formula is C16H18O7. The standard InChI is InChI=1S/C16H18O7/c1-4-11(17)9-21-15(19)12-8-6-7-10(3)14(12)16(20)23-22-13(18)5-2/h5-8,11,17H,2,4,9H2,1,3H3. The Morgan fingerprint density at radius 1 is 1.26 bits per heavy atom. The molecule has 0 bridgehead atoms. The summed E-state index contributed by atoms with van der Waals surface area (Å²) in [6.07, 6.45) is 0.465. The molecule has 1 aromatic carbocycles. The van der Waals surface area contributed by atoms with Gasteiger partial charge >= 0.3 is 17.9 Å². The van der Waals surface area contributed by atoms with Crippen molar-refractivity contribution in [3.8, 4) is 0 Å². The summed E-state index contributed by atoms with van der Waals surface area (Å²) in [5.41, 5.74) is 0.309. The topological polar surface area (TPSA) is 99.1 Å². The zero-order valence-electron chi connectivity index (χ0n) is 12.9. The third kappa shape index (κ3) is 5.23. The maximum atomic E-state index is 12.1. The zero-order valence-corrected chi connectivity index (χ0v) is 12.9. The molecular weight excluding hydrogens is 304 g/mol. The fourth-order valence-corrected chi connectivity index (χ4v) is 1.63. The Hall–Kier alpha value is -2.67. The Balaban J connectivity index is 2.94. The van der Waals surface area contributed by atoms with Crippen molar-refractivity contribution in [1.29, 1.82) is 0 Å². The van der Waals surface area contributed by atoms with Crippen LogP contribution in [0.5, 0.6) is 0 Å². The van der Waals surface area contributed by atoms with Crippen molar-refractivity contribution in [3.05, 3.63) is 47.5 Å². The number of hydrogen-bond acceptors (Lipinski definition) is 7. The fourth-order valence-electron chi connectivity index (χ4n) is 1.63. The molecule has 0 aliphatic carbocycles. The van der Waals surface area contributed by atoms with Gasteiger partial charge in [-0.25, -0.2) is 24.2 Å². The highest BCUT2D eigenvalue weighted by atomic mass is 17.2. The minimum atomic E-state index is -1.01. The Morgan fingerprint density at radius 2 is 1.96 bits per heavy atom. The molecule has 0 aromatic heterocycles. The van der Waals surface area contributed by atoms with Crippen molar-refractivity contribution in [1.82, 2.24) is 0 Å². The van der Waals surface area contributed by atoms with Crippen LogP contribution in [-0.2, 0) is 19.3 Å². The molecule has 0 radical (unpaired) electrons. The molecule has 23 heavy (non-hydrogen) atoms. The molecule has 0 aliphatic heterocycles.